The van der Waals surface area contributed by atoms with E-state index >= 15 is 0 Å². The standard InChI is InChI=1S/C16H18Br2N2/c1-3-19-16(9-15-5-4-13(17)10-20-15)12-6-11(2)7-14(18)8-12/h4-8,10,16,19H,3,9H2,1-2H3. The Morgan fingerprint density at radius 3 is 2.55 bits per heavy atom. The summed E-state index contributed by atoms with van der Waals surface area (Å²) in [5, 5.41) is 3.54. The van der Waals surface area contributed by atoms with Gasteiger partial charge in [-0.15, -0.1) is 0 Å². The molecular weight excluding hydrogens is 380 g/mol. The van der Waals surface area contributed by atoms with E-state index in [1.165, 1.54) is 11.1 Å². The highest BCUT2D eigenvalue weighted by Gasteiger charge is 2.13. The van der Waals surface area contributed by atoms with E-state index in [1.807, 2.05) is 12.3 Å². The van der Waals surface area contributed by atoms with Crippen LogP contribution in [-0.4, -0.2) is 11.5 Å². The van der Waals surface area contributed by atoms with Gasteiger partial charge in [0.1, 0.15) is 0 Å². The molecule has 0 saturated carbocycles. The van der Waals surface area contributed by atoms with Crippen LogP contribution in [0, 0.1) is 6.92 Å². The van der Waals surface area contributed by atoms with Crippen LogP contribution >= 0.6 is 31.9 Å². The van der Waals surface area contributed by atoms with E-state index in [0.717, 1.165) is 27.6 Å². The van der Waals surface area contributed by atoms with Gasteiger partial charge in [0.15, 0.2) is 0 Å². The molecule has 4 heteroatoms. The molecule has 106 valence electrons. The molecule has 0 bridgehead atoms. The number of benzene rings is 1. The van der Waals surface area contributed by atoms with Gasteiger partial charge in [-0.2, -0.15) is 0 Å². The summed E-state index contributed by atoms with van der Waals surface area (Å²) in [6.07, 6.45) is 2.74. The second-order valence-electron chi connectivity index (χ2n) is 4.84. The fourth-order valence-corrected chi connectivity index (χ4v) is 3.12. The lowest BCUT2D eigenvalue weighted by Crippen LogP contribution is -2.23. The summed E-state index contributed by atoms with van der Waals surface area (Å²) in [4.78, 5) is 4.47. The first-order valence-corrected chi connectivity index (χ1v) is 8.28. The van der Waals surface area contributed by atoms with Crippen molar-refractivity contribution in [2.45, 2.75) is 26.3 Å². The zero-order chi connectivity index (χ0) is 14.5. The molecule has 0 amide bonds. The van der Waals surface area contributed by atoms with Crippen molar-refractivity contribution in [2.24, 2.45) is 0 Å². The Kier molecular flexibility index (Phi) is 5.75. The Balaban J connectivity index is 2.23. The van der Waals surface area contributed by atoms with E-state index in [9.17, 15) is 0 Å². The second kappa shape index (κ2) is 7.34. The second-order valence-corrected chi connectivity index (χ2v) is 6.68. The lowest BCUT2D eigenvalue weighted by Gasteiger charge is -2.19. The van der Waals surface area contributed by atoms with Gasteiger partial charge in [0, 0.05) is 33.3 Å². The van der Waals surface area contributed by atoms with Crippen LogP contribution in [0.3, 0.4) is 0 Å². The van der Waals surface area contributed by atoms with Gasteiger partial charge in [-0.05, 0) is 64.8 Å². The molecule has 0 aliphatic heterocycles. The summed E-state index contributed by atoms with van der Waals surface area (Å²) in [6.45, 7) is 5.19. The normalized spacial score (nSPS) is 12.4. The van der Waals surface area contributed by atoms with E-state index in [1.54, 1.807) is 0 Å². The number of pyridine rings is 1. The first kappa shape index (κ1) is 15.7. The van der Waals surface area contributed by atoms with Gasteiger partial charge < -0.3 is 5.32 Å². The van der Waals surface area contributed by atoms with Crippen molar-refractivity contribution >= 4 is 31.9 Å². The highest BCUT2D eigenvalue weighted by molar-refractivity contribution is 9.10. The third kappa shape index (κ3) is 4.40. The molecule has 0 radical (unpaired) electrons. The number of nitrogens with one attached hydrogen (secondary N) is 1. The maximum absolute atomic E-state index is 4.47. The number of aromatic nitrogens is 1. The van der Waals surface area contributed by atoms with E-state index in [0.29, 0.717) is 0 Å². The highest BCUT2D eigenvalue weighted by Crippen LogP contribution is 2.23. The average Bonchev–Trinajstić information content (AvgIpc) is 2.39. The molecule has 2 rings (SSSR count). The summed E-state index contributed by atoms with van der Waals surface area (Å²) >= 11 is 7.00. The minimum absolute atomic E-state index is 0.282. The zero-order valence-corrected chi connectivity index (χ0v) is 14.8. The molecule has 0 spiro atoms. The number of hydrogen-bond donors (Lipinski definition) is 1. The van der Waals surface area contributed by atoms with Crippen molar-refractivity contribution in [3.05, 3.63) is 62.3 Å². The number of halogens is 2. The predicted molar refractivity (Wildman–Crippen MR) is 90.9 cm³/mol. The van der Waals surface area contributed by atoms with Gasteiger partial charge >= 0.3 is 0 Å². The van der Waals surface area contributed by atoms with Crippen molar-refractivity contribution < 1.29 is 0 Å². The van der Waals surface area contributed by atoms with E-state index in [2.05, 4.69) is 80.3 Å². The largest absolute Gasteiger partial charge is 0.310 e. The smallest absolute Gasteiger partial charge is 0.0423 e. The lowest BCUT2D eigenvalue weighted by atomic mass is 10.00. The summed E-state index contributed by atoms with van der Waals surface area (Å²) in [6, 6.07) is 10.9. The van der Waals surface area contributed by atoms with Gasteiger partial charge in [-0.1, -0.05) is 28.9 Å². The molecule has 1 unspecified atom stereocenters. The summed E-state index contributed by atoms with van der Waals surface area (Å²) in [5.41, 5.74) is 3.65. The van der Waals surface area contributed by atoms with Crippen LogP contribution in [0.4, 0.5) is 0 Å². The summed E-state index contributed by atoms with van der Waals surface area (Å²) in [7, 11) is 0. The SMILES string of the molecule is CCNC(Cc1ccc(Br)cn1)c1cc(C)cc(Br)c1. The van der Waals surface area contributed by atoms with E-state index in [4.69, 9.17) is 0 Å². The molecule has 0 aliphatic rings. The van der Waals surface area contributed by atoms with Crippen molar-refractivity contribution in [2.75, 3.05) is 6.54 Å². The van der Waals surface area contributed by atoms with Crippen molar-refractivity contribution in [1.29, 1.82) is 0 Å². The maximum Gasteiger partial charge on any atom is 0.0423 e. The molecule has 1 heterocycles. The Morgan fingerprint density at radius 1 is 1.15 bits per heavy atom. The third-order valence-corrected chi connectivity index (χ3v) is 4.05. The van der Waals surface area contributed by atoms with Crippen molar-refractivity contribution in [3.8, 4) is 0 Å². The molecule has 1 atom stereocenters. The van der Waals surface area contributed by atoms with Crippen LogP contribution in [0.5, 0.6) is 0 Å². The minimum atomic E-state index is 0.282. The molecule has 0 saturated heterocycles. The van der Waals surface area contributed by atoms with Crippen LogP contribution < -0.4 is 5.32 Å². The van der Waals surface area contributed by atoms with Gasteiger partial charge in [0.05, 0.1) is 0 Å². The summed E-state index contributed by atoms with van der Waals surface area (Å²) < 4.78 is 2.14. The Bertz CT molecular complexity index is 547. The van der Waals surface area contributed by atoms with Gasteiger partial charge in [0.25, 0.3) is 0 Å². The van der Waals surface area contributed by atoms with E-state index < -0.39 is 0 Å². The Labute approximate surface area is 137 Å². The minimum Gasteiger partial charge on any atom is -0.310 e. The number of nitrogens with zero attached hydrogens (tertiary/aromatic N) is 1. The zero-order valence-electron chi connectivity index (χ0n) is 11.7. The van der Waals surface area contributed by atoms with Crippen LogP contribution in [-0.2, 0) is 6.42 Å². The van der Waals surface area contributed by atoms with Crippen LogP contribution in [0.15, 0.2) is 45.5 Å². The molecule has 0 aliphatic carbocycles. The quantitative estimate of drug-likeness (QED) is 0.782. The molecular formula is C16H18Br2N2. The van der Waals surface area contributed by atoms with Crippen LogP contribution in [0.1, 0.15) is 29.8 Å². The number of hydrogen-bond acceptors (Lipinski definition) is 2. The van der Waals surface area contributed by atoms with Crippen LogP contribution in [0.25, 0.3) is 0 Å². The fraction of sp³-hybridized carbons (Fsp3) is 0.312. The van der Waals surface area contributed by atoms with E-state index in [-0.39, 0.29) is 6.04 Å². The highest BCUT2D eigenvalue weighted by atomic mass is 79.9. The molecule has 20 heavy (non-hydrogen) atoms. The van der Waals surface area contributed by atoms with Gasteiger partial charge in [-0.3, -0.25) is 4.98 Å². The summed E-state index contributed by atoms with van der Waals surface area (Å²) in [5.74, 6) is 0. The van der Waals surface area contributed by atoms with Crippen molar-refractivity contribution in [1.82, 2.24) is 10.3 Å². The molecule has 1 aromatic heterocycles. The third-order valence-electron chi connectivity index (χ3n) is 3.12. The number of likely N-dealkylation sites (N-methyl/N-ethyl adjacent to an activating group) is 1. The fourth-order valence-electron chi connectivity index (χ4n) is 2.26. The average molecular weight is 398 g/mol. The number of aryl methyl sites for hydroxylation is 1. The maximum atomic E-state index is 4.47. The monoisotopic (exact) mass is 396 g/mol. The van der Waals surface area contributed by atoms with Crippen molar-refractivity contribution in [3.63, 3.8) is 0 Å². The molecule has 1 N–H and O–H groups in total. The topological polar surface area (TPSA) is 24.9 Å². The molecule has 1 aromatic carbocycles. The molecule has 2 aromatic rings. The number of rotatable bonds is 5. The Hall–Kier alpha value is -0.710. The van der Waals surface area contributed by atoms with Gasteiger partial charge in [-0.25, -0.2) is 0 Å². The predicted octanol–water partition coefficient (Wildman–Crippen LogP) is 4.81. The van der Waals surface area contributed by atoms with Gasteiger partial charge in [0.2, 0.25) is 0 Å². The molecule has 0 fully saturated rings. The lowest BCUT2D eigenvalue weighted by molar-refractivity contribution is 0.543. The first-order valence-electron chi connectivity index (χ1n) is 6.69. The first-order chi connectivity index (χ1) is 9.58. The molecule has 2 nitrogen and oxygen atoms in total. The van der Waals surface area contributed by atoms with Crippen LogP contribution in [0.2, 0.25) is 0 Å². The Morgan fingerprint density at radius 2 is 1.95 bits per heavy atom.